The summed E-state index contributed by atoms with van der Waals surface area (Å²) >= 11 is 0. The Labute approximate surface area is 121 Å². The van der Waals surface area contributed by atoms with E-state index >= 15 is 0 Å². The van der Waals surface area contributed by atoms with Crippen LogP contribution in [0.1, 0.15) is 73.1 Å². The molecule has 0 amide bonds. The summed E-state index contributed by atoms with van der Waals surface area (Å²) < 4.78 is 0. The third kappa shape index (κ3) is 4.46. The maximum absolute atomic E-state index is 3.80. The Bertz CT molecular complexity index is 225. The molecule has 0 aromatic heterocycles. The minimum absolute atomic E-state index is 0.275. The number of nitrogens with zero attached hydrogens (tertiary/aromatic N) is 1. The fourth-order valence-electron chi connectivity index (χ4n) is 3.82. The highest BCUT2D eigenvalue weighted by atomic mass is 15.2. The van der Waals surface area contributed by atoms with Crippen LogP contribution in [0.2, 0.25) is 0 Å². The Kier molecular flexibility index (Phi) is 7.38. The monoisotopic (exact) mass is 268 g/mol. The summed E-state index contributed by atoms with van der Waals surface area (Å²) in [6, 6.07) is 0.616. The minimum Gasteiger partial charge on any atom is -0.312 e. The first-order valence-corrected chi connectivity index (χ1v) is 8.56. The smallest absolute Gasteiger partial charge is 0.0308 e. The SMILES string of the molecule is CCNC(C(CC)CC)C(C)(C)N1CCCCCC1. The van der Waals surface area contributed by atoms with Gasteiger partial charge in [0.15, 0.2) is 0 Å². The zero-order valence-corrected chi connectivity index (χ0v) is 14.0. The van der Waals surface area contributed by atoms with Crippen LogP contribution in [0.4, 0.5) is 0 Å². The second-order valence-electron chi connectivity index (χ2n) is 6.67. The average Bonchev–Trinajstić information content (AvgIpc) is 2.68. The molecular formula is C17H36N2. The second kappa shape index (κ2) is 8.26. The van der Waals surface area contributed by atoms with E-state index in [2.05, 4.69) is 44.8 Å². The lowest BCUT2D eigenvalue weighted by molar-refractivity contribution is 0.0568. The van der Waals surface area contributed by atoms with Crippen LogP contribution in [-0.2, 0) is 0 Å². The fraction of sp³-hybridized carbons (Fsp3) is 1.00. The van der Waals surface area contributed by atoms with Crippen molar-refractivity contribution in [3.05, 3.63) is 0 Å². The van der Waals surface area contributed by atoms with Crippen LogP contribution >= 0.6 is 0 Å². The topological polar surface area (TPSA) is 15.3 Å². The largest absolute Gasteiger partial charge is 0.312 e. The highest BCUT2D eigenvalue weighted by Gasteiger charge is 2.38. The first kappa shape index (κ1) is 17.0. The first-order chi connectivity index (χ1) is 9.07. The summed E-state index contributed by atoms with van der Waals surface area (Å²) in [6.07, 6.45) is 8.17. The van der Waals surface area contributed by atoms with Gasteiger partial charge in [-0.05, 0) is 52.2 Å². The van der Waals surface area contributed by atoms with E-state index in [9.17, 15) is 0 Å². The van der Waals surface area contributed by atoms with Gasteiger partial charge in [0.1, 0.15) is 0 Å². The zero-order chi connectivity index (χ0) is 14.3. The fourth-order valence-corrected chi connectivity index (χ4v) is 3.82. The van der Waals surface area contributed by atoms with E-state index in [-0.39, 0.29) is 5.54 Å². The van der Waals surface area contributed by atoms with E-state index in [1.54, 1.807) is 0 Å². The molecule has 114 valence electrons. The van der Waals surface area contributed by atoms with Crippen molar-refractivity contribution in [3.63, 3.8) is 0 Å². The normalized spacial score (nSPS) is 20.5. The molecule has 1 rings (SSSR count). The zero-order valence-electron chi connectivity index (χ0n) is 14.0. The molecule has 2 nitrogen and oxygen atoms in total. The third-order valence-electron chi connectivity index (χ3n) is 5.13. The lowest BCUT2D eigenvalue weighted by Gasteiger charge is -2.47. The molecule has 0 spiro atoms. The standard InChI is InChI=1S/C17H36N2/c1-6-15(7-2)16(18-8-3)17(4,5)19-13-11-9-10-12-14-19/h15-16,18H,6-14H2,1-5H3. The van der Waals surface area contributed by atoms with Gasteiger partial charge in [0.05, 0.1) is 0 Å². The number of rotatable bonds is 7. The summed E-state index contributed by atoms with van der Waals surface area (Å²) in [4.78, 5) is 2.76. The summed E-state index contributed by atoms with van der Waals surface area (Å²) in [5.41, 5.74) is 0.275. The van der Waals surface area contributed by atoms with Crippen molar-refractivity contribution in [1.82, 2.24) is 10.2 Å². The van der Waals surface area contributed by atoms with Gasteiger partial charge in [0.2, 0.25) is 0 Å². The van der Waals surface area contributed by atoms with Gasteiger partial charge in [-0.25, -0.2) is 0 Å². The number of nitrogens with one attached hydrogen (secondary N) is 1. The molecule has 19 heavy (non-hydrogen) atoms. The first-order valence-electron chi connectivity index (χ1n) is 8.56. The molecule has 2 heteroatoms. The van der Waals surface area contributed by atoms with Crippen molar-refractivity contribution in [1.29, 1.82) is 0 Å². The predicted octanol–water partition coefficient (Wildman–Crippen LogP) is 4.06. The molecule has 1 aliphatic rings. The van der Waals surface area contributed by atoms with Crippen LogP contribution in [0.15, 0.2) is 0 Å². The second-order valence-corrected chi connectivity index (χ2v) is 6.67. The molecule has 0 aromatic carbocycles. The maximum Gasteiger partial charge on any atom is 0.0308 e. The van der Waals surface area contributed by atoms with Gasteiger partial charge < -0.3 is 5.32 Å². The lowest BCUT2D eigenvalue weighted by atomic mass is 9.80. The lowest BCUT2D eigenvalue weighted by Crippen LogP contribution is -2.60. The van der Waals surface area contributed by atoms with Gasteiger partial charge in [-0.3, -0.25) is 4.90 Å². The Balaban J connectivity index is 2.82. The van der Waals surface area contributed by atoms with Gasteiger partial charge in [-0.2, -0.15) is 0 Å². The number of hydrogen-bond donors (Lipinski definition) is 1. The minimum atomic E-state index is 0.275. The van der Waals surface area contributed by atoms with E-state index < -0.39 is 0 Å². The summed E-state index contributed by atoms with van der Waals surface area (Å²) in [6.45, 7) is 15.5. The summed E-state index contributed by atoms with van der Waals surface area (Å²) in [5, 5.41) is 3.80. The van der Waals surface area contributed by atoms with E-state index in [1.807, 2.05) is 0 Å². The molecule has 0 aliphatic carbocycles. The van der Waals surface area contributed by atoms with Crippen LogP contribution in [0, 0.1) is 5.92 Å². The van der Waals surface area contributed by atoms with Crippen LogP contribution in [0.25, 0.3) is 0 Å². The highest BCUT2D eigenvalue weighted by molar-refractivity contribution is 4.97. The van der Waals surface area contributed by atoms with Crippen molar-refractivity contribution in [3.8, 4) is 0 Å². The maximum atomic E-state index is 3.80. The molecule has 1 atom stereocenters. The van der Waals surface area contributed by atoms with Gasteiger partial charge in [-0.15, -0.1) is 0 Å². The Morgan fingerprint density at radius 2 is 1.47 bits per heavy atom. The number of likely N-dealkylation sites (tertiary alicyclic amines) is 1. The molecular weight excluding hydrogens is 232 g/mol. The highest BCUT2D eigenvalue weighted by Crippen LogP contribution is 2.30. The molecule has 0 saturated carbocycles. The van der Waals surface area contributed by atoms with Gasteiger partial charge >= 0.3 is 0 Å². The number of hydrogen-bond acceptors (Lipinski definition) is 2. The number of likely N-dealkylation sites (N-methyl/N-ethyl adjacent to an activating group) is 1. The molecule has 0 bridgehead atoms. The molecule has 1 unspecified atom stereocenters. The molecule has 0 radical (unpaired) electrons. The van der Waals surface area contributed by atoms with E-state index in [4.69, 9.17) is 0 Å². The van der Waals surface area contributed by atoms with Crippen molar-refractivity contribution in [2.75, 3.05) is 19.6 Å². The Hall–Kier alpha value is -0.0800. The average molecular weight is 268 g/mol. The van der Waals surface area contributed by atoms with Crippen LogP contribution in [-0.4, -0.2) is 36.1 Å². The molecule has 1 heterocycles. The quantitative estimate of drug-likeness (QED) is 0.749. The molecule has 1 fully saturated rings. The predicted molar refractivity (Wildman–Crippen MR) is 85.7 cm³/mol. The third-order valence-corrected chi connectivity index (χ3v) is 5.13. The van der Waals surface area contributed by atoms with Crippen LogP contribution < -0.4 is 5.32 Å². The summed E-state index contributed by atoms with van der Waals surface area (Å²) in [7, 11) is 0. The van der Waals surface area contributed by atoms with Crippen molar-refractivity contribution in [2.45, 2.75) is 84.7 Å². The van der Waals surface area contributed by atoms with Crippen molar-refractivity contribution in [2.24, 2.45) is 5.92 Å². The van der Waals surface area contributed by atoms with E-state index in [1.165, 1.54) is 51.6 Å². The summed E-state index contributed by atoms with van der Waals surface area (Å²) in [5.74, 6) is 0.790. The van der Waals surface area contributed by atoms with Crippen molar-refractivity contribution < 1.29 is 0 Å². The van der Waals surface area contributed by atoms with Gasteiger partial charge in [0.25, 0.3) is 0 Å². The Morgan fingerprint density at radius 3 is 1.89 bits per heavy atom. The van der Waals surface area contributed by atoms with Gasteiger partial charge in [-0.1, -0.05) is 46.5 Å². The Morgan fingerprint density at radius 1 is 0.947 bits per heavy atom. The van der Waals surface area contributed by atoms with Crippen LogP contribution in [0.3, 0.4) is 0 Å². The molecule has 1 saturated heterocycles. The van der Waals surface area contributed by atoms with Crippen LogP contribution in [0.5, 0.6) is 0 Å². The van der Waals surface area contributed by atoms with Gasteiger partial charge in [0, 0.05) is 11.6 Å². The van der Waals surface area contributed by atoms with E-state index in [0.717, 1.165) is 12.5 Å². The van der Waals surface area contributed by atoms with Crippen molar-refractivity contribution >= 4 is 0 Å². The van der Waals surface area contributed by atoms with E-state index in [0.29, 0.717) is 6.04 Å². The molecule has 1 N–H and O–H groups in total. The molecule has 0 aromatic rings. The molecule has 1 aliphatic heterocycles.